The molecule has 1 aromatic rings. The van der Waals surface area contributed by atoms with Crippen molar-refractivity contribution in [1.82, 2.24) is 15.5 Å². The molecule has 41 heavy (non-hydrogen) atoms. The third-order valence-electron chi connectivity index (χ3n) is 7.38. The minimum Gasteiger partial charge on any atom is -0.433 e. The first-order valence-electron chi connectivity index (χ1n) is 13.5. The summed E-state index contributed by atoms with van der Waals surface area (Å²) in [7, 11) is 0. The van der Waals surface area contributed by atoms with Crippen molar-refractivity contribution in [2.75, 3.05) is 18.5 Å². The number of likely N-dealkylation sites (tertiary alicyclic amines) is 1. The molecule has 0 aromatic heterocycles. The minimum atomic E-state index is -3.34. The molecule has 3 fully saturated rings. The molecule has 2 aliphatic heterocycles. The van der Waals surface area contributed by atoms with Crippen LogP contribution >= 0.6 is 11.6 Å². The number of amides is 4. The van der Waals surface area contributed by atoms with E-state index in [1.165, 1.54) is 32.0 Å². The van der Waals surface area contributed by atoms with Gasteiger partial charge in [0.2, 0.25) is 24.0 Å². The summed E-state index contributed by atoms with van der Waals surface area (Å²) >= 11 is 6.11. The second-order valence-corrected chi connectivity index (χ2v) is 11.2. The first-order chi connectivity index (χ1) is 19.3. The van der Waals surface area contributed by atoms with E-state index in [0.29, 0.717) is 12.5 Å². The Morgan fingerprint density at radius 3 is 2.59 bits per heavy atom. The van der Waals surface area contributed by atoms with Crippen molar-refractivity contribution in [2.45, 2.75) is 82.7 Å². The van der Waals surface area contributed by atoms with Crippen LogP contribution in [0.2, 0.25) is 5.02 Å². The number of esters is 1. The van der Waals surface area contributed by atoms with Crippen molar-refractivity contribution in [2.24, 2.45) is 5.92 Å². The first kappa shape index (κ1) is 30.6. The van der Waals surface area contributed by atoms with Gasteiger partial charge in [-0.15, -0.1) is 0 Å². The lowest BCUT2D eigenvalue weighted by atomic mass is 10.1. The Labute approximate surface area is 240 Å². The number of anilines is 1. The van der Waals surface area contributed by atoms with Crippen molar-refractivity contribution in [3.05, 3.63) is 28.8 Å². The summed E-state index contributed by atoms with van der Waals surface area (Å²) in [6, 6.07) is 0.392. The number of hydrogen-bond donors (Lipinski definition) is 3. The Bertz CT molecular complexity index is 1210. The van der Waals surface area contributed by atoms with Crippen molar-refractivity contribution in [3.8, 4) is 0 Å². The molecule has 1 aromatic carbocycles. The van der Waals surface area contributed by atoms with E-state index in [0.717, 1.165) is 30.6 Å². The number of cyclic esters (lactones) is 1. The second-order valence-electron chi connectivity index (χ2n) is 10.8. The molecule has 2 unspecified atom stereocenters. The van der Waals surface area contributed by atoms with Gasteiger partial charge in [-0.2, -0.15) is 0 Å². The van der Waals surface area contributed by atoms with Crippen molar-refractivity contribution >= 4 is 46.9 Å². The lowest BCUT2D eigenvalue weighted by molar-refractivity contribution is -0.168. The summed E-state index contributed by atoms with van der Waals surface area (Å²) in [5, 5.41) is 7.59. The van der Waals surface area contributed by atoms with Gasteiger partial charge in [-0.25, -0.2) is 8.78 Å². The zero-order chi connectivity index (χ0) is 29.9. The fourth-order valence-corrected chi connectivity index (χ4v) is 5.54. The molecule has 0 bridgehead atoms. The van der Waals surface area contributed by atoms with Crippen LogP contribution in [0, 0.1) is 5.92 Å². The van der Waals surface area contributed by atoms with Crippen LogP contribution in [0.3, 0.4) is 0 Å². The SMILES string of the molecule is CC(=O)Nc1ccc(C(=O)N[C@@H](C)C(=O)N2CC(F)(F)CC2C(=O)N[C@H]2CC(=O)OC2OCC2CCCC2)cc1Cl. The van der Waals surface area contributed by atoms with E-state index < -0.39 is 67.0 Å². The number of hydrogen-bond acceptors (Lipinski definition) is 7. The number of benzene rings is 1. The molecule has 0 radical (unpaired) electrons. The van der Waals surface area contributed by atoms with Crippen LogP contribution < -0.4 is 16.0 Å². The molecule has 0 spiro atoms. The topological polar surface area (TPSA) is 143 Å². The van der Waals surface area contributed by atoms with E-state index in [-0.39, 0.29) is 28.6 Å². The van der Waals surface area contributed by atoms with Crippen molar-refractivity contribution < 1.29 is 42.2 Å². The fraction of sp³-hybridized carbons (Fsp3) is 0.593. The highest BCUT2D eigenvalue weighted by atomic mass is 35.5. The van der Waals surface area contributed by atoms with Crippen LogP contribution in [0.1, 0.15) is 62.7 Å². The van der Waals surface area contributed by atoms with Gasteiger partial charge in [0.25, 0.3) is 11.8 Å². The Kier molecular flexibility index (Phi) is 9.48. The Morgan fingerprint density at radius 1 is 1.22 bits per heavy atom. The van der Waals surface area contributed by atoms with Gasteiger partial charge < -0.3 is 30.3 Å². The summed E-state index contributed by atoms with van der Waals surface area (Å²) in [6.07, 6.45) is 2.03. The molecular formula is C27H33ClF2N4O7. The predicted molar refractivity (Wildman–Crippen MR) is 142 cm³/mol. The third-order valence-corrected chi connectivity index (χ3v) is 7.69. The van der Waals surface area contributed by atoms with Crippen LogP contribution in [0.5, 0.6) is 0 Å². The number of carbonyl (C=O) groups excluding carboxylic acids is 5. The Morgan fingerprint density at radius 2 is 1.93 bits per heavy atom. The number of alkyl halides is 2. The molecule has 3 N–H and O–H groups in total. The highest BCUT2D eigenvalue weighted by Crippen LogP contribution is 2.33. The number of carbonyl (C=O) groups is 5. The van der Waals surface area contributed by atoms with Gasteiger partial charge in [0, 0.05) is 18.9 Å². The first-order valence-corrected chi connectivity index (χ1v) is 13.9. The third kappa shape index (κ3) is 7.70. The van der Waals surface area contributed by atoms with E-state index in [1.54, 1.807) is 0 Å². The summed E-state index contributed by atoms with van der Waals surface area (Å²) < 4.78 is 39.9. The van der Waals surface area contributed by atoms with E-state index in [9.17, 15) is 32.8 Å². The molecular weight excluding hydrogens is 566 g/mol. The molecule has 1 aliphatic carbocycles. The minimum absolute atomic E-state index is 0.0688. The highest BCUT2D eigenvalue weighted by Gasteiger charge is 2.51. The van der Waals surface area contributed by atoms with Gasteiger partial charge in [0.1, 0.15) is 18.1 Å². The van der Waals surface area contributed by atoms with Crippen molar-refractivity contribution in [1.29, 1.82) is 0 Å². The van der Waals surface area contributed by atoms with Crippen LogP contribution in [0.4, 0.5) is 14.5 Å². The number of rotatable bonds is 9. The summed E-state index contributed by atoms with van der Waals surface area (Å²) in [5.74, 6) is -6.42. The van der Waals surface area contributed by atoms with Gasteiger partial charge in [0.15, 0.2) is 0 Å². The van der Waals surface area contributed by atoms with Gasteiger partial charge in [-0.3, -0.25) is 24.0 Å². The molecule has 2 heterocycles. The average molecular weight is 599 g/mol. The maximum atomic E-state index is 14.5. The van der Waals surface area contributed by atoms with Gasteiger partial charge >= 0.3 is 5.97 Å². The van der Waals surface area contributed by atoms with Crippen LogP contribution in [-0.2, 0) is 28.7 Å². The monoisotopic (exact) mass is 598 g/mol. The molecule has 3 aliphatic rings. The smallest absolute Gasteiger partial charge is 0.310 e. The maximum Gasteiger partial charge on any atom is 0.310 e. The Hall–Kier alpha value is -3.32. The summed E-state index contributed by atoms with van der Waals surface area (Å²) in [5.41, 5.74) is 0.355. The molecule has 14 heteroatoms. The average Bonchev–Trinajstić information content (AvgIpc) is 3.61. The van der Waals surface area contributed by atoms with Crippen LogP contribution in [0.25, 0.3) is 0 Å². The summed E-state index contributed by atoms with van der Waals surface area (Å²) in [4.78, 5) is 63.0. The normalized spacial score (nSPS) is 24.6. The standard InChI is InChI=1S/C27H33ClF2N4O7/c1-14(31-23(37)17-7-8-19(18(28)9-17)32-15(2)35)25(39)34-13-27(29,30)11-21(34)24(38)33-20-10-22(36)41-26(20)40-12-16-5-3-4-6-16/h7-9,14,16,20-21,26H,3-6,10-13H2,1-2H3,(H,31,37)(H,32,35)(H,33,38)/t14-,20-,21?,26?/m0/s1. The lowest BCUT2D eigenvalue weighted by Crippen LogP contribution is -2.54. The highest BCUT2D eigenvalue weighted by molar-refractivity contribution is 6.34. The number of nitrogens with one attached hydrogen (secondary N) is 3. The quantitative estimate of drug-likeness (QED) is 0.371. The molecule has 224 valence electrons. The molecule has 4 rings (SSSR count). The van der Waals surface area contributed by atoms with Crippen molar-refractivity contribution in [3.63, 3.8) is 0 Å². The molecule has 2 saturated heterocycles. The second kappa shape index (κ2) is 12.7. The number of nitrogens with zero attached hydrogens (tertiary/aromatic N) is 1. The molecule has 4 amide bonds. The van der Waals surface area contributed by atoms with Crippen LogP contribution in [-0.4, -0.2) is 78.0 Å². The van der Waals surface area contributed by atoms with Crippen LogP contribution in [0.15, 0.2) is 18.2 Å². The van der Waals surface area contributed by atoms with Gasteiger partial charge in [-0.1, -0.05) is 24.4 Å². The zero-order valence-corrected chi connectivity index (χ0v) is 23.5. The zero-order valence-electron chi connectivity index (χ0n) is 22.7. The fourth-order valence-electron chi connectivity index (χ4n) is 5.31. The molecule has 1 saturated carbocycles. The van der Waals surface area contributed by atoms with E-state index >= 15 is 0 Å². The number of halogens is 3. The van der Waals surface area contributed by atoms with Gasteiger partial charge in [0.05, 0.1) is 30.3 Å². The van der Waals surface area contributed by atoms with E-state index in [1.807, 2.05) is 0 Å². The molecule has 11 nitrogen and oxygen atoms in total. The summed E-state index contributed by atoms with van der Waals surface area (Å²) in [6.45, 7) is 1.96. The number of ether oxygens (including phenoxy) is 2. The van der Waals surface area contributed by atoms with E-state index in [2.05, 4.69) is 16.0 Å². The molecule has 4 atom stereocenters. The largest absolute Gasteiger partial charge is 0.433 e. The van der Waals surface area contributed by atoms with E-state index in [4.69, 9.17) is 21.1 Å². The lowest BCUT2D eigenvalue weighted by Gasteiger charge is -2.28. The maximum absolute atomic E-state index is 14.5. The van der Waals surface area contributed by atoms with Gasteiger partial charge in [-0.05, 0) is 43.9 Å². The predicted octanol–water partition coefficient (Wildman–Crippen LogP) is 2.62. The Balaban J connectivity index is 1.38.